The minimum absolute atomic E-state index is 0.159. The van der Waals surface area contributed by atoms with E-state index < -0.39 is 0 Å². The number of nitrogens with one attached hydrogen (secondary N) is 1. The van der Waals surface area contributed by atoms with Crippen LogP contribution in [0.5, 0.6) is 0 Å². The summed E-state index contributed by atoms with van der Waals surface area (Å²) in [7, 11) is 0. The molecular formula is C24H34N2O. The van der Waals surface area contributed by atoms with Crippen LogP contribution in [0.15, 0.2) is 60.7 Å². The predicted octanol–water partition coefficient (Wildman–Crippen LogP) is 4.70. The summed E-state index contributed by atoms with van der Waals surface area (Å²) in [4.78, 5) is 2.45. The number of piperidine rings is 1. The number of hydrogen-bond donors (Lipinski definition) is 2. The lowest BCUT2D eigenvalue weighted by atomic mass is 9.94. The molecule has 2 aromatic rings. The van der Waals surface area contributed by atoms with Crippen molar-refractivity contribution in [1.29, 1.82) is 0 Å². The summed E-state index contributed by atoms with van der Waals surface area (Å²) in [5.41, 5.74) is 2.68. The molecule has 0 aliphatic carbocycles. The molecule has 1 fully saturated rings. The minimum Gasteiger partial charge on any atom is -0.390 e. The molecule has 0 radical (unpaired) electrons. The van der Waals surface area contributed by atoms with Gasteiger partial charge in [0.1, 0.15) is 0 Å². The standard InChI is InChI=1S/C24H34N2O/c1-3-11-21(19-12-7-5-8-13-19)25-22-16-17-26(18-24(22)27)23(4-2)20-14-9-6-10-15-20/h5-10,12-15,21-25,27H,3-4,11,16-18H2,1-2H3/t21?,22-,23?,24-/m1/s1. The molecule has 27 heavy (non-hydrogen) atoms. The Labute approximate surface area is 164 Å². The van der Waals surface area contributed by atoms with E-state index in [1.165, 1.54) is 11.1 Å². The molecule has 1 aliphatic heterocycles. The monoisotopic (exact) mass is 366 g/mol. The summed E-state index contributed by atoms with van der Waals surface area (Å²) < 4.78 is 0. The van der Waals surface area contributed by atoms with E-state index in [0.29, 0.717) is 12.1 Å². The van der Waals surface area contributed by atoms with E-state index in [9.17, 15) is 5.11 Å². The molecule has 2 unspecified atom stereocenters. The van der Waals surface area contributed by atoms with Gasteiger partial charge in [0.15, 0.2) is 0 Å². The fourth-order valence-corrected chi connectivity index (χ4v) is 4.39. The topological polar surface area (TPSA) is 35.5 Å². The van der Waals surface area contributed by atoms with Crippen molar-refractivity contribution in [2.75, 3.05) is 13.1 Å². The van der Waals surface area contributed by atoms with Gasteiger partial charge in [-0.25, -0.2) is 0 Å². The van der Waals surface area contributed by atoms with E-state index in [1.807, 2.05) is 0 Å². The molecule has 0 spiro atoms. The molecule has 3 heteroatoms. The first-order valence-electron chi connectivity index (χ1n) is 10.5. The average Bonchev–Trinajstić information content (AvgIpc) is 2.71. The number of hydrogen-bond acceptors (Lipinski definition) is 3. The van der Waals surface area contributed by atoms with Crippen LogP contribution in [0.3, 0.4) is 0 Å². The largest absolute Gasteiger partial charge is 0.390 e. The number of rotatable bonds is 8. The average molecular weight is 367 g/mol. The Hall–Kier alpha value is -1.68. The summed E-state index contributed by atoms with van der Waals surface area (Å²) in [6.07, 6.45) is 3.94. The van der Waals surface area contributed by atoms with Gasteiger partial charge in [0.2, 0.25) is 0 Å². The Morgan fingerprint density at radius 3 is 2.19 bits per heavy atom. The lowest BCUT2D eigenvalue weighted by molar-refractivity contribution is 0.0151. The Bertz CT molecular complexity index is 661. The fourth-order valence-electron chi connectivity index (χ4n) is 4.39. The number of β-amino-alcohol motifs (C(OH)–C–C–N with tert-alkyl or cyclic N) is 1. The number of likely N-dealkylation sites (tertiary alicyclic amines) is 1. The summed E-state index contributed by atoms with van der Waals surface area (Å²) in [5.74, 6) is 0. The van der Waals surface area contributed by atoms with Gasteiger partial charge in [-0.2, -0.15) is 0 Å². The van der Waals surface area contributed by atoms with Gasteiger partial charge in [-0.15, -0.1) is 0 Å². The second kappa shape index (κ2) is 10.0. The molecule has 0 saturated carbocycles. The number of nitrogens with zero attached hydrogens (tertiary/aromatic N) is 1. The van der Waals surface area contributed by atoms with Crippen LogP contribution in [0.25, 0.3) is 0 Å². The second-order valence-corrected chi connectivity index (χ2v) is 7.71. The van der Waals surface area contributed by atoms with Crippen LogP contribution in [0.2, 0.25) is 0 Å². The third kappa shape index (κ3) is 5.19. The van der Waals surface area contributed by atoms with Crippen molar-refractivity contribution >= 4 is 0 Å². The zero-order chi connectivity index (χ0) is 19.1. The lowest BCUT2D eigenvalue weighted by Crippen LogP contribution is -2.54. The summed E-state index contributed by atoms with van der Waals surface area (Å²) in [6, 6.07) is 22.2. The first-order valence-corrected chi connectivity index (χ1v) is 10.5. The summed E-state index contributed by atoms with van der Waals surface area (Å²) in [5, 5.41) is 14.7. The maximum atomic E-state index is 10.9. The van der Waals surface area contributed by atoms with E-state index in [1.54, 1.807) is 0 Å². The van der Waals surface area contributed by atoms with Gasteiger partial charge in [-0.1, -0.05) is 80.9 Å². The zero-order valence-electron chi connectivity index (χ0n) is 16.7. The molecule has 1 aliphatic rings. The van der Waals surface area contributed by atoms with Gasteiger partial charge in [0, 0.05) is 31.2 Å². The van der Waals surface area contributed by atoms with Crippen molar-refractivity contribution < 1.29 is 5.11 Å². The normalized spacial score (nSPS) is 23.1. The minimum atomic E-state index is -0.334. The van der Waals surface area contributed by atoms with E-state index in [0.717, 1.165) is 38.8 Å². The molecule has 0 bridgehead atoms. The SMILES string of the molecule is CCCC(N[C@@H]1CCN(C(CC)c2ccccc2)C[C@H]1O)c1ccccc1. The molecule has 3 nitrogen and oxygen atoms in total. The van der Waals surface area contributed by atoms with Crippen molar-refractivity contribution in [2.45, 2.75) is 63.8 Å². The predicted molar refractivity (Wildman–Crippen MR) is 113 cm³/mol. The van der Waals surface area contributed by atoms with E-state index in [4.69, 9.17) is 0 Å². The van der Waals surface area contributed by atoms with Gasteiger partial charge in [0.25, 0.3) is 0 Å². The lowest BCUT2D eigenvalue weighted by Gasteiger charge is -2.41. The Morgan fingerprint density at radius 1 is 1.00 bits per heavy atom. The van der Waals surface area contributed by atoms with Crippen LogP contribution in [0, 0.1) is 0 Å². The van der Waals surface area contributed by atoms with Gasteiger partial charge in [-0.3, -0.25) is 4.90 Å². The van der Waals surface area contributed by atoms with Crippen LogP contribution in [-0.2, 0) is 0 Å². The van der Waals surface area contributed by atoms with Crippen molar-refractivity contribution in [3.63, 3.8) is 0 Å². The highest BCUT2D eigenvalue weighted by atomic mass is 16.3. The third-order valence-electron chi connectivity index (χ3n) is 5.82. The van der Waals surface area contributed by atoms with Crippen LogP contribution in [0.1, 0.15) is 62.7 Å². The number of aliphatic hydroxyl groups excluding tert-OH is 1. The summed E-state index contributed by atoms with van der Waals surface area (Å²) in [6.45, 7) is 6.22. The molecule has 146 valence electrons. The third-order valence-corrected chi connectivity index (χ3v) is 5.82. The maximum absolute atomic E-state index is 10.9. The molecular weight excluding hydrogens is 332 g/mol. The highest BCUT2D eigenvalue weighted by Gasteiger charge is 2.32. The molecule has 2 N–H and O–H groups in total. The number of benzene rings is 2. The first-order chi connectivity index (χ1) is 13.2. The molecule has 2 aromatic carbocycles. The molecule has 0 amide bonds. The van der Waals surface area contributed by atoms with Gasteiger partial charge in [0.05, 0.1) is 6.10 Å². The molecule has 3 rings (SSSR count). The Balaban J connectivity index is 1.64. The van der Waals surface area contributed by atoms with Crippen molar-refractivity contribution in [2.24, 2.45) is 0 Å². The van der Waals surface area contributed by atoms with Crippen molar-refractivity contribution in [1.82, 2.24) is 10.2 Å². The van der Waals surface area contributed by atoms with Gasteiger partial charge >= 0.3 is 0 Å². The van der Waals surface area contributed by atoms with Gasteiger partial charge < -0.3 is 10.4 Å². The first kappa shape index (κ1) is 20.1. The van der Waals surface area contributed by atoms with E-state index >= 15 is 0 Å². The maximum Gasteiger partial charge on any atom is 0.0820 e. The van der Waals surface area contributed by atoms with Crippen LogP contribution < -0.4 is 5.32 Å². The highest BCUT2D eigenvalue weighted by molar-refractivity contribution is 5.20. The smallest absolute Gasteiger partial charge is 0.0820 e. The van der Waals surface area contributed by atoms with Gasteiger partial charge in [-0.05, 0) is 30.4 Å². The number of aliphatic hydroxyl groups is 1. The Kier molecular flexibility index (Phi) is 7.45. The van der Waals surface area contributed by atoms with E-state index in [2.05, 4.69) is 84.7 Å². The van der Waals surface area contributed by atoms with E-state index in [-0.39, 0.29) is 12.1 Å². The van der Waals surface area contributed by atoms with Crippen LogP contribution in [0.4, 0.5) is 0 Å². The van der Waals surface area contributed by atoms with Crippen molar-refractivity contribution in [3.8, 4) is 0 Å². The quantitative estimate of drug-likeness (QED) is 0.710. The summed E-state index contributed by atoms with van der Waals surface area (Å²) >= 11 is 0. The molecule has 4 atom stereocenters. The highest BCUT2D eigenvalue weighted by Crippen LogP contribution is 2.29. The Morgan fingerprint density at radius 2 is 1.63 bits per heavy atom. The molecule has 1 saturated heterocycles. The van der Waals surface area contributed by atoms with Crippen LogP contribution in [-0.4, -0.2) is 35.2 Å². The molecule has 0 aromatic heterocycles. The van der Waals surface area contributed by atoms with Crippen LogP contribution >= 0.6 is 0 Å². The molecule has 1 heterocycles. The second-order valence-electron chi connectivity index (χ2n) is 7.71. The fraction of sp³-hybridized carbons (Fsp3) is 0.500. The van der Waals surface area contributed by atoms with Crippen molar-refractivity contribution in [3.05, 3.63) is 71.8 Å². The zero-order valence-corrected chi connectivity index (χ0v) is 16.7.